The van der Waals surface area contributed by atoms with Gasteiger partial charge in [0.2, 0.25) is 0 Å². The molecule has 9 nitrogen and oxygen atoms in total. The summed E-state index contributed by atoms with van der Waals surface area (Å²) in [7, 11) is 2.06. The second kappa shape index (κ2) is 11.6. The highest BCUT2D eigenvalue weighted by Crippen LogP contribution is 2.35. The molecule has 3 N–H and O–H groups in total. The number of aromatic nitrogens is 1. The molecule has 214 valence electrons. The van der Waals surface area contributed by atoms with Crippen LogP contribution in [0.3, 0.4) is 0 Å². The van der Waals surface area contributed by atoms with E-state index in [-0.39, 0.29) is 23.8 Å². The fraction of sp³-hybridized carbons (Fsp3) is 0.344. The first-order valence-corrected chi connectivity index (χ1v) is 14.0. The molecule has 1 saturated heterocycles. The number of carbonyl (C=O) groups is 3. The number of nitrogens with zero attached hydrogens (tertiary/aromatic N) is 2. The highest BCUT2D eigenvalue weighted by molar-refractivity contribution is 6.35. The number of piperazine rings is 1. The van der Waals surface area contributed by atoms with Gasteiger partial charge < -0.3 is 30.2 Å². The zero-order valence-electron chi connectivity index (χ0n) is 24.3. The van der Waals surface area contributed by atoms with Crippen molar-refractivity contribution in [2.75, 3.05) is 45.2 Å². The van der Waals surface area contributed by atoms with Crippen molar-refractivity contribution in [2.24, 2.45) is 0 Å². The van der Waals surface area contributed by atoms with E-state index in [2.05, 4.69) is 27.6 Å². The van der Waals surface area contributed by atoms with Crippen LogP contribution in [-0.2, 0) is 4.79 Å². The maximum absolute atomic E-state index is 13.4. The number of H-pyrrole nitrogens is 1. The van der Waals surface area contributed by atoms with Crippen molar-refractivity contribution in [3.8, 4) is 5.75 Å². The number of benzene rings is 2. The summed E-state index contributed by atoms with van der Waals surface area (Å²) in [5, 5.41) is 5.93. The predicted molar refractivity (Wildman–Crippen MR) is 160 cm³/mol. The molecule has 1 fully saturated rings. The highest BCUT2D eigenvalue weighted by Gasteiger charge is 2.28. The third kappa shape index (κ3) is 5.76. The number of fused-ring (bicyclic) bond motifs is 1. The number of anilines is 1. The van der Waals surface area contributed by atoms with Gasteiger partial charge in [-0.1, -0.05) is 12.1 Å². The summed E-state index contributed by atoms with van der Waals surface area (Å²) in [5.41, 5.74) is 6.08. The number of nitrogens with one attached hydrogen (secondary N) is 3. The summed E-state index contributed by atoms with van der Waals surface area (Å²) in [6.45, 7) is 11.3. The summed E-state index contributed by atoms with van der Waals surface area (Å²) in [6.07, 6.45) is 1.77. The molecule has 0 aliphatic carbocycles. The topological polar surface area (TPSA) is 107 Å². The average molecular weight is 556 g/mol. The van der Waals surface area contributed by atoms with E-state index in [0.717, 1.165) is 35.7 Å². The molecule has 0 bridgehead atoms. The van der Waals surface area contributed by atoms with Gasteiger partial charge in [-0.3, -0.25) is 14.4 Å². The van der Waals surface area contributed by atoms with Gasteiger partial charge in [0.25, 0.3) is 17.7 Å². The molecular weight excluding hydrogens is 518 g/mol. The smallest absolute Gasteiger partial charge is 0.256 e. The Hall–Kier alpha value is -4.37. The normalized spacial score (nSPS) is 16.9. The van der Waals surface area contributed by atoms with Crippen LogP contribution < -0.4 is 15.4 Å². The number of amides is 3. The van der Waals surface area contributed by atoms with Crippen molar-refractivity contribution in [1.82, 2.24) is 20.1 Å². The Labute approximate surface area is 240 Å². The van der Waals surface area contributed by atoms with Crippen LogP contribution in [-0.4, -0.2) is 72.3 Å². The molecule has 1 unspecified atom stereocenters. The summed E-state index contributed by atoms with van der Waals surface area (Å²) in [6, 6.07) is 12.6. The second-order valence-corrected chi connectivity index (χ2v) is 10.7. The standard InChI is InChI=1S/C32H37N5O4/c1-6-41-24-10-7-22(8-11-24)20(3)34-30(38)23-9-12-27-25(17-23)26(31(39)35-27)18-28-19(2)29(21(4)33-28)32(40)37-15-13-36(5)14-16-37/h7-12,17-18,20,33H,6,13-16H2,1-5H3,(H,34,38)(H,35,39). The van der Waals surface area contributed by atoms with E-state index in [1.165, 1.54) is 0 Å². The predicted octanol–water partition coefficient (Wildman–Crippen LogP) is 4.40. The molecule has 5 rings (SSSR count). The fourth-order valence-electron chi connectivity index (χ4n) is 5.41. The molecule has 1 atom stereocenters. The van der Waals surface area contributed by atoms with E-state index in [1.54, 1.807) is 24.3 Å². The minimum Gasteiger partial charge on any atom is -0.494 e. The zero-order valence-corrected chi connectivity index (χ0v) is 24.3. The number of carbonyl (C=O) groups excluding carboxylic acids is 3. The maximum atomic E-state index is 13.4. The SMILES string of the molecule is CCOc1ccc(C(C)NC(=O)c2ccc3c(c2)C(=Cc2[nH]c(C)c(C(=O)N4CCN(C)CC4)c2C)C(=O)N3)cc1. The van der Waals surface area contributed by atoms with Crippen LogP contribution in [0.4, 0.5) is 5.69 Å². The van der Waals surface area contributed by atoms with Gasteiger partial charge in [-0.15, -0.1) is 0 Å². The van der Waals surface area contributed by atoms with E-state index in [1.807, 2.05) is 56.9 Å². The van der Waals surface area contributed by atoms with Gasteiger partial charge in [-0.05, 0) is 82.3 Å². The Morgan fingerprint density at radius 2 is 1.78 bits per heavy atom. The average Bonchev–Trinajstić information content (AvgIpc) is 3.42. The van der Waals surface area contributed by atoms with Crippen molar-refractivity contribution in [3.05, 3.63) is 81.7 Å². The van der Waals surface area contributed by atoms with Gasteiger partial charge in [-0.2, -0.15) is 0 Å². The van der Waals surface area contributed by atoms with E-state index < -0.39 is 0 Å². The Balaban J connectivity index is 1.37. The van der Waals surface area contributed by atoms with E-state index in [9.17, 15) is 14.4 Å². The number of aryl methyl sites for hydroxylation is 1. The summed E-state index contributed by atoms with van der Waals surface area (Å²) in [5.74, 6) is 0.304. The quantitative estimate of drug-likeness (QED) is 0.375. The van der Waals surface area contributed by atoms with Gasteiger partial charge in [0.1, 0.15) is 5.75 Å². The number of likely N-dealkylation sites (N-methyl/N-ethyl adjacent to an activating group) is 1. The largest absolute Gasteiger partial charge is 0.494 e. The van der Waals surface area contributed by atoms with Gasteiger partial charge in [-0.25, -0.2) is 0 Å². The first-order chi connectivity index (χ1) is 19.7. The van der Waals surface area contributed by atoms with Crippen LogP contribution in [0.5, 0.6) is 5.75 Å². The van der Waals surface area contributed by atoms with Gasteiger partial charge >= 0.3 is 0 Å². The van der Waals surface area contributed by atoms with Gasteiger partial charge in [0, 0.05) is 54.4 Å². The van der Waals surface area contributed by atoms with Crippen molar-refractivity contribution < 1.29 is 19.1 Å². The van der Waals surface area contributed by atoms with E-state index in [0.29, 0.717) is 53.3 Å². The number of hydrogen-bond donors (Lipinski definition) is 3. The molecule has 0 radical (unpaired) electrons. The van der Waals surface area contributed by atoms with Crippen molar-refractivity contribution in [1.29, 1.82) is 0 Å². The molecule has 0 saturated carbocycles. The van der Waals surface area contributed by atoms with Crippen LogP contribution in [0.1, 0.15) is 68.7 Å². The Bertz CT molecular complexity index is 1510. The van der Waals surface area contributed by atoms with E-state index in [4.69, 9.17) is 4.74 Å². The van der Waals surface area contributed by atoms with Crippen LogP contribution in [0, 0.1) is 13.8 Å². The molecule has 0 spiro atoms. The van der Waals surface area contributed by atoms with Gasteiger partial charge in [0.15, 0.2) is 0 Å². The lowest BCUT2D eigenvalue weighted by molar-refractivity contribution is -0.110. The monoisotopic (exact) mass is 555 g/mol. The number of hydrogen-bond acceptors (Lipinski definition) is 5. The first kappa shape index (κ1) is 28.2. The number of aromatic amines is 1. The Morgan fingerprint density at radius 3 is 2.46 bits per heavy atom. The molecule has 41 heavy (non-hydrogen) atoms. The number of ether oxygens (including phenoxy) is 1. The van der Waals surface area contributed by atoms with Crippen LogP contribution in [0.15, 0.2) is 42.5 Å². The summed E-state index contributed by atoms with van der Waals surface area (Å²) >= 11 is 0. The minimum absolute atomic E-state index is 0.00544. The summed E-state index contributed by atoms with van der Waals surface area (Å²) in [4.78, 5) is 46.9. The lowest BCUT2D eigenvalue weighted by Gasteiger charge is -2.32. The Kier molecular flexibility index (Phi) is 7.99. The lowest BCUT2D eigenvalue weighted by atomic mass is 10.0. The lowest BCUT2D eigenvalue weighted by Crippen LogP contribution is -2.47. The number of rotatable bonds is 7. The van der Waals surface area contributed by atoms with Crippen LogP contribution in [0.2, 0.25) is 0 Å². The Morgan fingerprint density at radius 1 is 1.07 bits per heavy atom. The second-order valence-electron chi connectivity index (χ2n) is 10.7. The molecule has 3 aromatic rings. The van der Waals surface area contributed by atoms with Crippen molar-refractivity contribution >= 4 is 35.1 Å². The van der Waals surface area contributed by atoms with Crippen LogP contribution >= 0.6 is 0 Å². The summed E-state index contributed by atoms with van der Waals surface area (Å²) < 4.78 is 5.50. The molecule has 2 aliphatic rings. The van der Waals surface area contributed by atoms with Crippen molar-refractivity contribution in [2.45, 2.75) is 33.7 Å². The zero-order chi connectivity index (χ0) is 29.3. The molecule has 1 aromatic heterocycles. The van der Waals surface area contributed by atoms with Crippen LogP contribution in [0.25, 0.3) is 11.6 Å². The maximum Gasteiger partial charge on any atom is 0.256 e. The fourth-order valence-corrected chi connectivity index (χ4v) is 5.41. The highest BCUT2D eigenvalue weighted by atomic mass is 16.5. The van der Waals surface area contributed by atoms with Gasteiger partial charge in [0.05, 0.1) is 23.8 Å². The molecule has 3 amide bonds. The third-order valence-corrected chi connectivity index (χ3v) is 7.87. The molecule has 2 aromatic carbocycles. The van der Waals surface area contributed by atoms with E-state index >= 15 is 0 Å². The first-order valence-electron chi connectivity index (χ1n) is 14.0. The molecular formula is C32H37N5O4. The minimum atomic E-state index is -0.251. The molecule has 3 heterocycles. The van der Waals surface area contributed by atoms with Crippen molar-refractivity contribution in [3.63, 3.8) is 0 Å². The third-order valence-electron chi connectivity index (χ3n) is 7.87. The molecule has 9 heteroatoms. The molecule has 2 aliphatic heterocycles.